The Morgan fingerprint density at radius 3 is 2.69 bits per heavy atom. The lowest BCUT2D eigenvalue weighted by atomic mass is 9.96. The van der Waals surface area contributed by atoms with Crippen LogP contribution in [0.25, 0.3) is 6.08 Å². The highest BCUT2D eigenvalue weighted by Crippen LogP contribution is 2.31. The highest BCUT2D eigenvalue weighted by atomic mass is 32.1. The molecule has 36 heavy (non-hydrogen) atoms. The third-order valence-corrected chi connectivity index (χ3v) is 6.44. The standard InChI is InChI=1S/C26H23N3O6S/c1-4-13-35-25(31)22-16(3)27-26-28(23(22)18-9-11-20(12-10-18)34-5-2)24(30)21(36-26)15-17-7-6-8-19(14-17)29(32)33/h4,6-12,14-15,23H,1,5,13H2,2-3H3. The summed E-state index contributed by atoms with van der Waals surface area (Å²) in [6.45, 7) is 7.68. The molecule has 1 atom stereocenters. The summed E-state index contributed by atoms with van der Waals surface area (Å²) in [5.74, 6) is 0.0683. The van der Waals surface area contributed by atoms with E-state index in [1.807, 2.05) is 6.92 Å². The number of fused-ring (bicyclic) bond motifs is 1. The largest absolute Gasteiger partial charge is 0.494 e. The van der Waals surface area contributed by atoms with Crippen LogP contribution >= 0.6 is 11.3 Å². The van der Waals surface area contributed by atoms with Crippen LogP contribution in [0.5, 0.6) is 5.75 Å². The number of thiazole rings is 1. The van der Waals surface area contributed by atoms with Crippen molar-refractivity contribution < 1.29 is 19.2 Å². The third kappa shape index (κ3) is 4.89. The first-order valence-corrected chi connectivity index (χ1v) is 11.9. The molecule has 1 aromatic heterocycles. The van der Waals surface area contributed by atoms with Crippen molar-refractivity contribution >= 4 is 29.1 Å². The van der Waals surface area contributed by atoms with Gasteiger partial charge < -0.3 is 9.47 Å². The number of rotatable bonds is 8. The smallest absolute Gasteiger partial charge is 0.338 e. The molecule has 0 aliphatic carbocycles. The second-order valence-electron chi connectivity index (χ2n) is 7.82. The molecule has 184 valence electrons. The lowest BCUT2D eigenvalue weighted by Crippen LogP contribution is -2.39. The minimum absolute atomic E-state index is 0.0167. The average Bonchev–Trinajstić information content (AvgIpc) is 3.16. The van der Waals surface area contributed by atoms with Gasteiger partial charge in [-0.05, 0) is 43.2 Å². The fourth-order valence-electron chi connectivity index (χ4n) is 3.90. The van der Waals surface area contributed by atoms with E-state index in [0.717, 1.165) is 11.3 Å². The van der Waals surface area contributed by atoms with E-state index in [1.54, 1.807) is 49.4 Å². The Bertz CT molecular complexity index is 1550. The maximum Gasteiger partial charge on any atom is 0.338 e. The molecule has 10 heteroatoms. The molecular formula is C26H23N3O6S. The molecule has 1 unspecified atom stereocenters. The fourth-order valence-corrected chi connectivity index (χ4v) is 4.95. The molecule has 0 amide bonds. The molecule has 9 nitrogen and oxygen atoms in total. The van der Waals surface area contributed by atoms with E-state index >= 15 is 0 Å². The van der Waals surface area contributed by atoms with Crippen molar-refractivity contribution in [2.75, 3.05) is 13.2 Å². The highest BCUT2D eigenvalue weighted by Gasteiger charge is 2.33. The van der Waals surface area contributed by atoms with Gasteiger partial charge in [0, 0.05) is 12.1 Å². The zero-order chi connectivity index (χ0) is 25.8. The van der Waals surface area contributed by atoms with Crippen molar-refractivity contribution in [3.63, 3.8) is 0 Å². The number of carbonyl (C=O) groups is 1. The van der Waals surface area contributed by atoms with E-state index in [1.165, 1.54) is 22.8 Å². The average molecular weight is 506 g/mol. The Morgan fingerprint density at radius 2 is 2.03 bits per heavy atom. The Balaban J connectivity index is 1.90. The maximum atomic E-state index is 13.6. The summed E-state index contributed by atoms with van der Waals surface area (Å²) in [5, 5.41) is 11.2. The minimum Gasteiger partial charge on any atom is -0.494 e. The number of carbonyl (C=O) groups excluding carboxylic acids is 1. The van der Waals surface area contributed by atoms with Crippen LogP contribution < -0.4 is 19.6 Å². The molecule has 1 aliphatic rings. The Labute approximate surface area is 210 Å². The van der Waals surface area contributed by atoms with E-state index in [4.69, 9.17) is 9.47 Å². The lowest BCUT2D eigenvalue weighted by molar-refractivity contribution is -0.384. The summed E-state index contributed by atoms with van der Waals surface area (Å²) in [6.07, 6.45) is 3.05. The number of hydrogen-bond acceptors (Lipinski definition) is 8. The summed E-state index contributed by atoms with van der Waals surface area (Å²) < 4.78 is 12.7. The molecule has 0 spiro atoms. The normalized spacial score (nSPS) is 15.2. The van der Waals surface area contributed by atoms with Gasteiger partial charge in [-0.3, -0.25) is 19.5 Å². The molecule has 3 aromatic rings. The number of benzene rings is 2. The molecule has 1 aliphatic heterocycles. The minimum atomic E-state index is -0.776. The van der Waals surface area contributed by atoms with Gasteiger partial charge in [-0.1, -0.05) is 48.3 Å². The zero-order valence-electron chi connectivity index (χ0n) is 19.7. The van der Waals surface area contributed by atoms with Gasteiger partial charge in [-0.2, -0.15) is 0 Å². The predicted octanol–water partition coefficient (Wildman–Crippen LogP) is 3.27. The van der Waals surface area contributed by atoms with Gasteiger partial charge in [0.05, 0.1) is 33.4 Å². The first kappa shape index (κ1) is 24.8. The first-order chi connectivity index (χ1) is 17.3. The molecule has 2 aromatic carbocycles. The Kier molecular flexibility index (Phi) is 7.25. The van der Waals surface area contributed by atoms with E-state index in [9.17, 15) is 19.7 Å². The van der Waals surface area contributed by atoms with Crippen molar-refractivity contribution in [3.05, 3.63) is 113 Å². The van der Waals surface area contributed by atoms with Crippen LogP contribution in [-0.2, 0) is 9.53 Å². The number of ether oxygens (including phenoxy) is 2. The van der Waals surface area contributed by atoms with Crippen molar-refractivity contribution in [1.29, 1.82) is 0 Å². The molecule has 0 N–H and O–H groups in total. The van der Waals surface area contributed by atoms with E-state index < -0.39 is 16.9 Å². The molecular weight excluding hydrogens is 482 g/mol. The predicted molar refractivity (Wildman–Crippen MR) is 136 cm³/mol. The zero-order valence-corrected chi connectivity index (χ0v) is 20.5. The summed E-state index contributed by atoms with van der Waals surface area (Å²) in [4.78, 5) is 42.3. The molecule has 0 radical (unpaired) electrons. The molecule has 4 rings (SSSR count). The third-order valence-electron chi connectivity index (χ3n) is 5.46. The number of aromatic nitrogens is 1. The SMILES string of the molecule is C=CCOC(=O)C1=C(C)N=c2sc(=Cc3cccc([N+](=O)[O-])c3)c(=O)n2C1c1ccc(OCC)cc1. The quantitative estimate of drug-likeness (QED) is 0.201. The van der Waals surface area contributed by atoms with E-state index in [-0.39, 0.29) is 23.4 Å². The maximum absolute atomic E-state index is 13.6. The van der Waals surface area contributed by atoms with Crippen LogP contribution in [0.4, 0.5) is 5.69 Å². The first-order valence-electron chi connectivity index (χ1n) is 11.1. The fraction of sp³-hybridized carbons (Fsp3) is 0.192. The van der Waals surface area contributed by atoms with Crippen LogP contribution in [0.3, 0.4) is 0 Å². The number of nitrogens with zero attached hydrogens (tertiary/aromatic N) is 3. The van der Waals surface area contributed by atoms with Crippen LogP contribution in [-0.4, -0.2) is 28.7 Å². The van der Waals surface area contributed by atoms with Gasteiger partial charge in [-0.25, -0.2) is 9.79 Å². The van der Waals surface area contributed by atoms with Gasteiger partial charge in [0.1, 0.15) is 12.4 Å². The van der Waals surface area contributed by atoms with Crippen LogP contribution in [0.15, 0.2) is 82.2 Å². The Hall–Kier alpha value is -4.31. The second-order valence-corrected chi connectivity index (χ2v) is 8.83. The van der Waals surface area contributed by atoms with E-state index in [2.05, 4.69) is 11.6 Å². The molecule has 2 heterocycles. The van der Waals surface area contributed by atoms with Gasteiger partial charge in [0.25, 0.3) is 11.2 Å². The van der Waals surface area contributed by atoms with Crippen molar-refractivity contribution in [1.82, 2.24) is 4.57 Å². The summed E-state index contributed by atoms with van der Waals surface area (Å²) in [5.41, 5.74) is 1.42. The number of hydrogen-bond donors (Lipinski definition) is 0. The topological polar surface area (TPSA) is 113 Å². The number of nitro groups is 1. The van der Waals surface area contributed by atoms with Gasteiger partial charge in [-0.15, -0.1) is 0 Å². The lowest BCUT2D eigenvalue weighted by Gasteiger charge is -2.24. The Morgan fingerprint density at radius 1 is 1.28 bits per heavy atom. The van der Waals surface area contributed by atoms with Crippen molar-refractivity contribution in [2.24, 2.45) is 4.99 Å². The molecule has 0 fully saturated rings. The van der Waals surface area contributed by atoms with Crippen LogP contribution in [0.1, 0.15) is 31.0 Å². The molecule has 0 bridgehead atoms. The molecule has 0 saturated carbocycles. The van der Waals surface area contributed by atoms with Crippen molar-refractivity contribution in [3.8, 4) is 5.75 Å². The van der Waals surface area contributed by atoms with Crippen molar-refractivity contribution in [2.45, 2.75) is 19.9 Å². The highest BCUT2D eigenvalue weighted by molar-refractivity contribution is 7.07. The van der Waals surface area contributed by atoms with Crippen LogP contribution in [0.2, 0.25) is 0 Å². The summed E-state index contributed by atoms with van der Waals surface area (Å²) in [7, 11) is 0. The number of nitro benzene ring substituents is 1. The second kappa shape index (κ2) is 10.5. The molecule has 0 saturated heterocycles. The number of non-ortho nitro benzene ring substituents is 1. The van der Waals surface area contributed by atoms with Crippen LogP contribution in [0, 0.1) is 10.1 Å². The monoisotopic (exact) mass is 505 g/mol. The summed E-state index contributed by atoms with van der Waals surface area (Å²) in [6, 6.07) is 12.4. The van der Waals surface area contributed by atoms with Gasteiger partial charge in [0.2, 0.25) is 0 Å². The number of allylic oxidation sites excluding steroid dienone is 1. The van der Waals surface area contributed by atoms with Gasteiger partial charge in [0.15, 0.2) is 4.80 Å². The summed E-state index contributed by atoms with van der Waals surface area (Å²) >= 11 is 1.15. The van der Waals surface area contributed by atoms with E-state index in [0.29, 0.717) is 38.5 Å². The number of esters is 1. The van der Waals surface area contributed by atoms with Gasteiger partial charge >= 0.3 is 5.97 Å².